The molecule has 0 amide bonds. The van der Waals surface area contributed by atoms with E-state index in [2.05, 4.69) is 0 Å². The first-order chi connectivity index (χ1) is 10.3. The maximum Gasteiger partial charge on any atom is 0.274 e. The predicted octanol–water partition coefficient (Wildman–Crippen LogP) is 2.92. The molecular formula is C14H16ClNO5S. The van der Waals surface area contributed by atoms with Crippen molar-refractivity contribution in [1.82, 2.24) is 0 Å². The SMILES string of the molecule is CCc1cc(C2([SH](=O)=O)CCCC2)c([N+](=O)[O-])cc1C(=O)Cl. The zero-order valence-corrected chi connectivity index (χ0v) is 13.7. The lowest BCUT2D eigenvalue weighted by molar-refractivity contribution is -0.385. The van der Waals surface area contributed by atoms with Gasteiger partial charge in [0, 0.05) is 11.6 Å². The van der Waals surface area contributed by atoms with Crippen molar-refractivity contribution in [3.05, 3.63) is 38.9 Å². The van der Waals surface area contributed by atoms with Gasteiger partial charge in [-0.1, -0.05) is 19.8 Å². The molecular weight excluding hydrogens is 330 g/mol. The molecule has 22 heavy (non-hydrogen) atoms. The van der Waals surface area contributed by atoms with Gasteiger partial charge >= 0.3 is 0 Å². The topological polar surface area (TPSA) is 94.3 Å². The molecule has 2 rings (SSSR count). The van der Waals surface area contributed by atoms with Gasteiger partial charge in [-0.2, -0.15) is 0 Å². The van der Waals surface area contributed by atoms with E-state index in [1.54, 1.807) is 6.92 Å². The van der Waals surface area contributed by atoms with Gasteiger partial charge in [0.2, 0.25) is 0 Å². The van der Waals surface area contributed by atoms with Crippen molar-refractivity contribution in [2.24, 2.45) is 0 Å². The van der Waals surface area contributed by atoms with E-state index in [1.807, 2.05) is 0 Å². The number of rotatable bonds is 5. The molecule has 0 atom stereocenters. The van der Waals surface area contributed by atoms with E-state index in [9.17, 15) is 23.3 Å². The summed E-state index contributed by atoms with van der Waals surface area (Å²) in [6.07, 6.45) is 2.58. The van der Waals surface area contributed by atoms with Crippen LogP contribution in [0.1, 0.15) is 54.1 Å². The van der Waals surface area contributed by atoms with Gasteiger partial charge in [-0.3, -0.25) is 14.9 Å². The van der Waals surface area contributed by atoms with E-state index < -0.39 is 25.6 Å². The largest absolute Gasteiger partial charge is 0.276 e. The molecule has 1 saturated carbocycles. The highest BCUT2D eigenvalue weighted by Gasteiger charge is 2.44. The van der Waals surface area contributed by atoms with Crippen LogP contribution in [0.3, 0.4) is 0 Å². The number of aryl methyl sites for hydroxylation is 1. The highest BCUT2D eigenvalue weighted by molar-refractivity contribution is 7.73. The third-order valence-corrected chi connectivity index (χ3v) is 5.88. The molecule has 0 bridgehead atoms. The number of hydrogen-bond acceptors (Lipinski definition) is 5. The fourth-order valence-electron chi connectivity index (χ4n) is 3.14. The van der Waals surface area contributed by atoms with Gasteiger partial charge in [-0.15, -0.1) is 0 Å². The Labute approximate surface area is 134 Å². The van der Waals surface area contributed by atoms with E-state index in [0.717, 1.165) is 6.07 Å². The minimum Gasteiger partial charge on any atom is -0.276 e. The van der Waals surface area contributed by atoms with Gasteiger partial charge < -0.3 is 0 Å². The van der Waals surface area contributed by atoms with E-state index in [1.165, 1.54) is 6.07 Å². The summed E-state index contributed by atoms with van der Waals surface area (Å²) in [4.78, 5) is 22.2. The molecule has 0 aromatic heterocycles. The first kappa shape index (κ1) is 16.9. The number of thiol groups is 1. The molecule has 0 saturated heterocycles. The second kappa shape index (κ2) is 6.34. The Hall–Kier alpha value is -1.47. The molecule has 120 valence electrons. The molecule has 1 fully saturated rings. The van der Waals surface area contributed by atoms with Gasteiger partial charge in [0.05, 0.1) is 10.5 Å². The van der Waals surface area contributed by atoms with Crippen molar-refractivity contribution in [3.63, 3.8) is 0 Å². The smallest absolute Gasteiger partial charge is 0.274 e. The van der Waals surface area contributed by atoms with Gasteiger partial charge in [0.1, 0.15) is 15.5 Å². The summed E-state index contributed by atoms with van der Waals surface area (Å²) in [6, 6.07) is 2.59. The lowest BCUT2D eigenvalue weighted by atomic mass is 9.90. The summed E-state index contributed by atoms with van der Waals surface area (Å²) < 4.78 is 22.5. The molecule has 0 radical (unpaired) electrons. The van der Waals surface area contributed by atoms with Crippen molar-refractivity contribution in [1.29, 1.82) is 0 Å². The van der Waals surface area contributed by atoms with Crippen LogP contribution in [0.2, 0.25) is 0 Å². The van der Waals surface area contributed by atoms with Gasteiger partial charge in [-0.05, 0) is 42.5 Å². The van der Waals surface area contributed by atoms with Crippen LogP contribution in [0.15, 0.2) is 12.1 Å². The van der Waals surface area contributed by atoms with Crippen LogP contribution < -0.4 is 0 Å². The average Bonchev–Trinajstić information content (AvgIpc) is 2.96. The Bertz CT molecular complexity index is 699. The van der Waals surface area contributed by atoms with E-state index in [-0.39, 0.29) is 16.8 Å². The fraction of sp³-hybridized carbons (Fsp3) is 0.500. The number of nitrogens with zero attached hydrogens (tertiary/aromatic N) is 1. The normalized spacial score (nSPS) is 16.9. The number of carbonyl (C=O) groups excluding carboxylic acids is 1. The molecule has 0 spiro atoms. The van der Waals surface area contributed by atoms with Crippen molar-refractivity contribution >= 4 is 33.2 Å². The minimum absolute atomic E-state index is 0.0638. The van der Waals surface area contributed by atoms with Crippen molar-refractivity contribution < 1.29 is 18.1 Å². The van der Waals surface area contributed by atoms with Crippen LogP contribution in [0.5, 0.6) is 0 Å². The predicted molar refractivity (Wildman–Crippen MR) is 83.1 cm³/mol. The Balaban J connectivity index is 2.79. The van der Waals surface area contributed by atoms with E-state index >= 15 is 0 Å². The number of benzene rings is 1. The van der Waals surface area contributed by atoms with Crippen LogP contribution in [0.4, 0.5) is 5.69 Å². The number of carbonyl (C=O) groups is 1. The zero-order chi connectivity index (χ0) is 16.5. The summed E-state index contributed by atoms with van der Waals surface area (Å²) in [7, 11) is -2.87. The number of nitro benzene ring substituents is 1. The van der Waals surface area contributed by atoms with Crippen molar-refractivity contribution in [2.75, 3.05) is 0 Å². The summed E-state index contributed by atoms with van der Waals surface area (Å²) in [5, 5.41) is 10.6. The molecule has 0 aliphatic heterocycles. The average molecular weight is 346 g/mol. The minimum atomic E-state index is -2.87. The van der Waals surface area contributed by atoms with Crippen LogP contribution in [0, 0.1) is 10.1 Å². The quantitative estimate of drug-likeness (QED) is 0.383. The third kappa shape index (κ3) is 2.75. The van der Waals surface area contributed by atoms with Gasteiger partial charge in [-0.25, -0.2) is 8.42 Å². The first-order valence-corrected chi connectivity index (χ1v) is 8.55. The second-order valence-electron chi connectivity index (χ2n) is 5.41. The number of nitro groups is 1. The molecule has 0 N–H and O–H groups in total. The van der Waals surface area contributed by atoms with Gasteiger partial charge in [0.15, 0.2) is 0 Å². The van der Waals surface area contributed by atoms with Gasteiger partial charge in [0.25, 0.3) is 10.9 Å². The Morgan fingerprint density at radius 2 is 1.95 bits per heavy atom. The maximum absolute atomic E-state index is 11.8. The second-order valence-corrected chi connectivity index (χ2v) is 7.12. The van der Waals surface area contributed by atoms with E-state index in [4.69, 9.17) is 11.6 Å². The zero-order valence-electron chi connectivity index (χ0n) is 12.0. The Kier molecular flexibility index (Phi) is 4.87. The lowest BCUT2D eigenvalue weighted by Gasteiger charge is -2.23. The standard InChI is InChI=1S/C14H16ClNO5S/c1-2-9-7-11(14(22(20)21)5-3-4-6-14)12(16(18)19)8-10(9)13(15)17/h7-8,22H,2-6H2,1H3. The Morgan fingerprint density at radius 1 is 1.36 bits per heavy atom. The summed E-state index contributed by atoms with van der Waals surface area (Å²) in [6.45, 7) is 1.78. The first-order valence-electron chi connectivity index (χ1n) is 6.99. The third-order valence-electron chi connectivity index (χ3n) is 4.29. The van der Waals surface area contributed by atoms with Crippen LogP contribution in [0.25, 0.3) is 0 Å². The molecule has 8 heteroatoms. The van der Waals surface area contributed by atoms with Crippen molar-refractivity contribution in [3.8, 4) is 0 Å². The summed E-state index contributed by atoms with van der Waals surface area (Å²) in [5.41, 5.74) is 0.435. The molecule has 0 heterocycles. The molecule has 1 aliphatic carbocycles. The molecule has 0 unspecified atom stereocenters. The lowest BCUT2D eigenvalue weighted by Crippen LogP contribution is -2.25. The molecule has 1 aromatic rings. The molecule has 1 aromatic carbocycles. The summed E-state index contributed by atoms with van der Waals surface area (Å²) in [5.74, 6) is 0. The molecule has 1 aliphatic rings. The monoisotopic (exact) mass is 345 g/mol. The highest BCUT2D eigenvalue weighted by atomic mass is 35.5. The Morgan fingerprint density at radius 3 is 2.36 bits per heavy atom. The summed E-state index contributed by atoms with van der Waals surface area (Å²) >= 11 is 5.49. The number of hydrogen-bond donors (Lipinski definition) is 1. The molecule has 6 nitrogen and oxygen atoms in total. The number of halogens is 1. The fourth-order valence-corrected chi connectivity index (χ4v) is 4.38. The van der Waals surface area contributed by atoms with Crippen LogP contribution in [-0.4, -0.2) is 18.6 Å². The van der Waals surface area contributed by atoms with Crippen LogP contribution in [-0.2, 0) is 21.9 Å². The highest BCUT2D eigenvalue weighted by Crippen LogP contribution is 2.46. The van der Waals surface area contributed by atoms with Crippen molar-refractivity contribution in [2.45, 2.75) is 43.8 Å². The van der Waals surface area contributed by atoms with E-state index in [0.29, 0.717) is 37.7 Å². The van der Waals surface area contributed by atoms with Crippen LogP contribution >= 0.6 is 11.6 Å². The maximum atomic E-state index is 11.8.